The first-order valence-electron chi connectivity index (χ1n) is 8.15. The predicted molar refractivity (Wildman–Crippen MR) is 95.4 cm³/mol. The van der Waals surface area contributed by atoms with Crippen molar-refractivity contribution in [3.8, 4) is 0 Å². The summed E-state index contributed by atoms with van der Waals surface area (Å²) in [7, 11) is 0. The maximum absolute atomic E-state index is 12.2. The average Bonchev–Trinajstić information content (AvgIpc) is 2.88. The summed E-state index contributed by atoms with van der Waals surface area (Å²) in [4.78, 5) is 43.6. The number of hydroxylamine groups is 2. The summed E-state index contributed by atoms with van der Waals surface area (Å²) < 4.78 is 0. The lowest BCUT2D eigenvalue weighted by Gasteiger charge is -2.21. The van der Waals surface area contributed by atoms with E-state index in [4.69, 9.17) is 16.4 Å². The SMILES string of the molecule is CCN(CC(=O)ON1C(=O)c2ccccc2C1=O)Cc1ccccc1Cl. The van der Waals surface area contributed by atoms with Crippen LogP contribution >= 0.6 is 11.6 Å². The van der Waals surface area contributed by atoms with Gasteiger partial charge in [-0.25, -0.2) is 4.79 Å². The average molecular weight is 373 g/mol. The highest BCUT2D eigenvalue weighted by atomic mass is 35.5. The molecule has 0 spiro atoms. The maximum atomic E-state index is 12.2. The first-order valence-corrected chi connectivity index (χ1v) is 8.53. The van der Waals surface area contributed by atoms with Crippen LogP contribution in [-0.2, 0) is 16.2 Å². The summed E-state index contributed by atoms with van der Waals surface area (Å²) in [6, 6.07) is 13.7. The lowest BCUT2D eigenvalue weighted by Crippen LogP contribution is -2.38. The molecule has 0 aliphatic carbocycles. The molecule has 1 heterocycles. The van der Waals surface area contributed by atoms with Gasteiger partial charge in [0.25, 0.3) is 11.8 Å². The number of imide groups is 1. The summed E-state index contributed by atoms with van der Waals surface area (Å²) in [6.07, 6.45) is 0. The minimum atomic E-state index is -0.687. The number of carbonyl (C=O) groups is 3. The van der Waals surface area contributed by atoms with Crippen LogP contribution < -0.4 is 0 Å². The topological polar surface area (TPSA) is 66.9 Å². The molecule has 0 aromatic heterocycles. The third kappa shape index (κ3) is 3.61. The highest BCUT2D eigenvalue weighted by molar-refractivity contribution is 6.31. The molecule has 7 heteroatoms. The number of amides is 2. The third-order valence-electron chi connectivity index (χ3n) is 4.10. The van der Waals surface area contributed by atoms with Crippen molar-refractivity contribution < 1.29 is 19.2 Å². The number of fused-ring (bicyclic) bond motifs is 1. The van der Waals surface area contributed by atoms with Gasteiger partial charge in [-0.3, -0.25) is 14.5 Å². The summed E-state index contributed by atoms with van der Waals surface area (Å²) in [5.74, 6) is -1.95. The molecule has 134 valence electrons. The summed E-state index contributed by atoms with van der Waals surface area (Å²) in [5.41, 5.74) is 1.34. The van der Waals surface area contributed by atoms with Gasteiger partial charge in [0.05, 0.1) is 17.7 Å². The summed E-state index contributed by atoms with van der Waals surface area (Å²) in [6.45, 7) is 2.84. The fraction of sp³-hybridized carbons (Fsp3) is 0.211. The Bertz CT molecular complexity index is 833. The number of carbonyl (C=O) groups excluding carboxylic acids is 3. The van der Waals surface area contributed by atoms with Gasteiger partial charge in [-0.1, -0.05) is 53.9 Å². The largest absolute Gasteiger partial charge is 0.347 e. The molecule has 6 nitrogen and oxygen atoms in total. The second-order valence-electron chi connectivity index (χ2n) is 5.81. The van der Waals surface area contributed by atoms with Gasteiger partial charge < -0.3 is 4.84 Å². The molecule has 0 saturated carbocycles. The predicted octanol–water partition coefficient (Wildman–Crippen LogP) is 2.92. The molecule has 0 atom stereocenters. The second kappa shape index (κ2) is 7.68. The van der Waals surface area contributed by atoms with E-state index in [1.807, 2.05) is 30.0 Å². The zero-order valence-electron chi connectivity index (χ0n) is 14.1. The molecule has 2 aromatic rings. The zero-order chi connectivity index (χ0) is 18.7. The molecule has 1 aliphatic rings. The smallest absolute Gasteiger partial charge is 0.328 e. The van der Waals surface area contributed by atoms with Crippen LogP contribution in [0.1, 0.15) is 33.2 Å². The van der Waals surface area contributed by atoms with Crippen LogP contribution in [0.4, 0.5) is 0 Å². The number of halogens is 1. The van der Waals surface area contributed by atoms with E-state index < -0.39 is 17.8 Å². The minimum absolute atomic E-state index is 0.0743. The number of benzene rings is 2. The Morgan fingerprint density at radius 1 is 1.04 bits per heavy atom. The van der Waals surface area contributed by atoms with E-state index in [9.17, 15) is 14.4 Å². The van der Waals surface area contributed by atoms with Crippen LogP contribution in [0.25, 0.3) is 0 Å². The molecule has 0 bridgehead atoms. The van der Waals surface area contributed by atoms with Crippen molar-refractivity contribution in [3.05, 3.63) is 70.2 Å². The first-order chi connectivity index (χ1) is 12.5. The van der Waals surface area contributed by atoms with Crippen LogP contribution in [0.2, 0.25) is 5.02 Å². The Morgan fingerprint density at radius 3 is 2.19 bits per heavy atom. The monoisotopic (exact) mass is 372 g/mol. The Hall–Kier alpha value is -2.70. The molecular weight excluding hydrogens is 356 g/mol. The van der Waals surface area contributed by atoms with Crippen molar-refractivity contribution in [2.24, 2.45) is 0 Å². The molecule has 1 aliphatic heterocycles. The molecule has 0 unspecified atom stereocenters. The van der Waals surface area contributed by atoms with Crippen LogP contribution in [0.3, 0.4) is 0 Å². The number of likely N-dealkylation sites (N-methyl/N-ethyl adjacent to an activating group) is 1. The number of rotatable bonds is 6. The Kier molecular flexibility index (Phi) is 5.35. The quantitative estimate of drug-likeness (QED) is 0.729. The van der Waals surface area contributed by atoms with Gasteiger partial charge in [-0.05, 0) is 30.3 Å². The van der Waals surface area contributed by atoms with Crippen molar-refractivity contribution >= 4 is 29.4 Å². The number of nitrogens with zero attached hydrogens (tertiary/aromatic N) is 2. The van der Waals surface area contributed by atoms with E-state index in [0.29, 0.717) is 23.2 Å². The van der Waals surface area contributed by atoms with Gasteiger partial charge in [-0.15, -0.1) is 0 Å². The summed E-state index contributed by atoms with van der Waals surface area (Å²) in [5, 5.41) is 1.13. The van der Waals surface area contributed by atoms with Crippen LogP contribution in [-0.4, -0.2) is 40.8 Å². The van der Waals surface area contributed by atoms with E-state index in [1.54, 1.807) is 18.2 Å². The Labute approximate surface area is 155 Å². The summed E-state index contributed by atoms with van der Waals surface area (Å²) >= 11 is 6.15. The van der Waals surface area contributed by atoms with Gasteiger partial charge in [0, 0.05) is 11.6 Å². The molecular formula is C19H17ClN2O4. The zero-order valence-corrected chi connectivity index (χ0v) is 14.9. The molecule has 3 rings (SSSR count). The lowest BCUT2D eigenvalue weighted by molar-refractivity contribution is -0.169. The maximum Gasteiger partial charge on any atom is 0.347 e. The van der Waals surface area contributed by atoms with Crippen LogP contribution in [0.15, 0.2) is 48.5 Å². The van der Waals surface area contributed by atoms with Crippen molar-refractivity contribution in [1.82, 2.24) is 9.96 Å². The molecule has 0 N–H and O–H groups in total. The first kappa shape index (κ1) is 18.1. The van der Waals surface area contributed by atoms with E-state index in [2.05, 4.69) is 0 Å². The van der Waals surface area contributed by atoms with Crippen LogP contribution in [0.5, 0.6) is 0 Å². The Morgan fingerprint density at radius 2 is 1.62 bits per heavy atom. The van der Waals surface area contributed by atoms with Crippen molar-refractivity contribution in [2.75, 3.05) is 13.1 Å². The lowest BCUT2D eigenvalue weighted by atomic mass is 10.1. The number of hydrogen-bond donors (Lipinski definition) is 0. The van der Waals surface area contributed by atoms with Crippen molar-refractivity contribution in [2.45, 2.75) is 13.5 Å². The fourth-order valence-electron chi connectivity index (χ4n) is 2.71. The van der Waals surface area contributed by atoms with E-state index in [0.717, 1.165) is 5.56 Å². The standard InChI is InChI=1S/C19H17ClN2O4/c1-2-21(11-13-7-3-6-10-16(13)20)12-17(23)26-22-18(24)14-8-4-5-9-15(14)19(22)25/h3-10H,2,11-12H2,1H3. The van der Waals surface area contributed by atoms with Gasteiger partial charge in [0.2, 0.25) is 0 Å². The van der Waals surface area contributed by atoms with Crippen molar-refractivity contribution in [1.29, 1.82) is 0 Å². The minimum Gasteiger partial charge on any atom is -0.328 e. The molecule has 0 radical (unpaired) electrons. The van der Waals surface area contributed by atoms with E-state index in [1.165, 1.54) is 12.1 Å². The highest BCUT2D eigenvalue weighted by Gasteiger charge is 2.38. The molecule has 2 amide bonds. The highest BCUT2D eigenvalue weighted by Crippen LogP contribution is 2.23. The normalized spacial score (nSPS) is 13.3. The molecule has 0 fully saturated rings. The molecule has 0 saturated heterocycles. The fourth-order valence-corrected chi connectivity index (χ4v) is 2.91. The third-order valence-corrected chi connectivity index (χ3v) is 4.47. The number of hydrogen-bond acceptors (Lipinski definition) is 5. The van der Waals surface area contributed by atoms with E-state index >= 15 is 0 Å². The van der Waals surface area contributed by atoms with E-state index in [-0.39, 0.29) is 17.7 Å². The van der Waals surface area contributed by atoms with Gasteiger partial charge in [-0.2, -0.15) is 0 Å². The second-order valence-corrected chi connectivity index (χ2v) is 6.22. The molecule has 26 heavy (non-hydrogen) atoms. The van der Waals surface area contributed by atoms with Gasteiger partial charge >= 0.3 is 5.97 Å². The van der Waals surface area contributed by atoms with Gasteiger partial charge in [0.1, 0.15) is 0 Å². The van der Waals surface area contributed by atoms with Crippen molar-refractivity contribution in [3.63, 3.8) is 0 Å². The molecule has 2 aromatic carbocycles. The Balaban J connectivity index is 1.64. The van der Waals surface area contributed by atoms with Crippen LogP contribution in [0, 0.1) is 0 Å². The van der Waals surface area contributed by atoms with Gasteiger partial charge in [0.15, 0.2) is 0 Å².